The maximum Gasteiger partial charge on any atom is 0.204 e. The molecule has 1 aromatic rings. The lowest BCUT2D eigenvalue weighted by molar-refractivity contribution is -0.106. The monoisotopic (exact) mass is 207 g/mol. The SMILES string of the molecule is C=CCc1c(C)cc(N)nc1C.NC=O. The Bertz CT molecular complexity index is 325. The van der Waals surface area contributed by atoms with E-state index in [9.17, 15) is 0 Å². The van der Waals surface area contributed by atoms with Gasteiger partial charge in [-0.25, -0.2) is 4.98 Å². The summed E-state index contributed by atoms with van der Waals surface area (Å²) >= 11 is 0. The van der Waals surface area contributed by atoms with E-state index in [0.717, 1.165) is 12.1 Å². The van der Waals surface area contributed by atoms with Crippen LogP contribution in [0.25, 0.3) is 0 Å². The number of primary amides is 1. The van der Waals surface area contributed by atoms with Gasteiger partial charge in [-0.2, -0.15) is 0 Å². The number of nitrogens with zero attached hydrogens (tertiary/aromatic N) is 1. The summed E-state index contributed by atoms with van der Waals surface area (Å²) in [7, 11) is 0. The fourth-order valence-electron chi connectivity index (χ4n) is 1.34. The molecule has 0 fully saturated rings. The van der Waals surface area contributed by atoms with Gasteiger partial charge in [-0.05, 0) is 37.5 Å². The van der Waals surface area contributed by atoms with Crippen LogP contribution >= 0.6 is 0 Å². The molecule has 4 N–H and O–H groups in total. The molecule has 4 heteroatoms. The molecule has 0 bridgehead atoms. The second kappa shape index (κ2) is 6.59. The van der Waals surface area contributed by atoms with Gasteiger partial charge in [0.05, 0.1) is 0 Å². The number of carbonyl (C=O) groups excluding carboxylic acids is 1. The van der Waals surface area contributed by atoms with Gasteiger partial charge in [-0.1, -0.05) is 6.08 Å². The highest BCUT2D eigenvalue weighted by Crippen LogP contribution is 2.15. The van der Waals surface area contributed by atoms with E-state index in [1.54, 1.807) is 0 Å². The van der Waals surface area contributed by atoms with Gasteiger partial charge in [0.15, 0.2) is 0 Å². The van der Waals surface area contributed by atoms with Crippen molar-refractivity contribution in [2.24, 2.45) is 5.73 Å². The van der Waals surface area contributed by atoms with Crippen LogP contribution in [0.3, 0.4) is 0 Å². The maximum absolute atomic E-state index is 8.58. The zero-order valence-corrected chi connectivity index (χ0v) is 9.16. The number of hydrogen-bond donors (Lipinski definition) is 2. The van der Waals surface area contributed by atoms with Crippen LogP contribution in [0.2, 0.25) is 0 Å². The molecule has 1 aromatic heterocycles. The van der Waals surface area contributed by atoms with E-state index in [0.29, 0.717) is 5.82 Å². The lowest BCUT2D eigenvalue weighted by Crippen LogP contribution is -1.99. The van der Waals surface area contributed by atoms with Crippen LogP contribution in [0.1, 0.15) is 16.8 Å². The number of nitrogens with two attached hydrogens (primary N) is 2. The third-order valence-corrected chi connectivity index (χ3v) is 1.92. The second-order valence-corrected chi connectivity index (χ2v) is 3.06. The van der Waals surface area contributed by atoms with Crippen LogP contribution in [0.4, 0.5) is 5.82 Å². The van der Waals surface area contributed by atoms with Crippen LogP contribution in [-0.2, 0) is 11.2 Å². The summed E-state index contributed by atoms with van der Waals surface area (Å²) in [4.78, 5) is 12.8. The van der Waals surface area contributed by atoms with Crippen LogP contribution in [0, 0.1) is 13.8 Å². The van der Waals surface area contributed by atoms with Crippen molar-refractivity contribution in [1.82, 2.24) is 4.98 Å². The fraction of sp³-hybridized carbons (Fsp3) is 0.273. The Morgan fingerprint density at radius 1 is 1.53 bits per heavy atom. The van der Waals surface area contributed by atoms with Gasteiger partial charge in [0.1, 0.15) is 5.82 Å². The number of allylic oxidation sites excluding steroid dienone is 1. The molecule has 82 valence electrons. The number of amides is 1. The van der Waals surface area contributed by atoms with Crippen molar-refractivity contribution in [3.63, 3.8) is 0 Å². The van der Waals surface area contributed by atoms with Crippen molar-refractivity contribution in [3.8, 4) is 0 Å². The van der Waals surface area contributed by atoms with Crippen LogP contribution in [-0.4, -0.2) is 11.4 Å². The maximum atomic E-state index is 8.58. The summed E-state index contributed by atoms with van der Waals surface area (Å²) in [6, 6.07) is 1.89. The molecule has 0 radical (unpaired) electrons. The van der Waals surface area contributed by atoms with E-state index < -0.39 is 0 Å². The Morgan fingerprint density at radius 2 is 2.07 bits per heavy atom. The Morgan fingerprint density at radius 3 is 2.47 bits per heavy atom. The zero-order valence-electron chi connectivity index (χ0n) is 9.16. The molecule has 0 spiro atoms. The fourth-order valence-corrected chi connectivity index (χ4v) is 1.34. The number of carbonyl (C=O) groups is 1. The quantitative estimate of drug-likeness (QED) is 0.563. The number of aryl methyl sites for hydroxylation is 2. The number of pyridine rings is 1. The molecular formula is C11H17N3O. The van der Waals surface area contributed by atoms with Gasteiger partial charge in [0.25, 0.3) is 0 Å². The van der Waals surface area contributed by atoms with Crippen LogP contribution in [0.5, 0.6) is 0 Å². The van der Waals surface area contributed by atoms with E-state index in [4.69, 9.17) is 10.5 Å². The Kier molecular flexibility index (Phi) is 5.78. The molecule has 1 rings (SSSR count). The first-order chi connectivity index (χ1) is 7.06. The molecule has 0 saturated carbocycles. The molecule has 0 aliphatic carbocycles. The minimum Gasteiger partial charge on any atom is -0.384 e. The molecule has 1 heterocycles. The average Bonchev–Trinajstić information content (AvgIpc) is 2.12. The molecule has 4 nitrogen and oxygen atoms in total. The van der Waals surface area contributed by atoms with Crippen molar-refractivity contribution in [2.45, 2.75) is 20.3 Å². The van der Waals surface area contributed by atoms with Crippen LogP contribution < -0.4 is 11.5 Å². The molecule has 0 atom stereocenters. The number of aromatic nitrogens is 1. The smallest absolute Gasteiger partial charge is 0.204 e. The third kappa shape index (κ3) is 4.26. The van der Waals surface area contributed by atoms with Gasteiger partial charge in [-0.15, -0.1) is 6.58 Å². The van der Waals surface area contributed by atoms with Gasteiger partial charge in [-0.3, -0.25) is 4.79 Å². The molecule has 1 amide bonds. The molecule has 0 aliphatic heterocycles. The summed E-state index contributed by atoms with van der Waals surface area (Å²) < 4.78 is 0. The van der Waals surface area contributed by atoms with Crippen molar-refractivity contribution in [3.05, 3.63) is 35.5 Å². The summed E-state index contributed by atoms with van der Waals surface area (Å²) in [5.74, 6) is 0.595. The predicted molar refractivity (Wildman–Crippen MR) is 62.3 cm³/mol. The molecular weight excluding hydrogens is 190 g/mol. The third-order valence-electron chi connectivity index (χ3n) is 1.92. The second-order valence-electron chi connectivity index (χ2n) is 3.06. The highest BCUT2D eigenvalue weighted by Gasteiger charge is 2.02. The lowest BCUT2D eigenvalue weighted by Gasteiger charge is -2.07. The highest BCUT2D eigenvalue weighted by molar-refractivity contribution is 5.42. The van der Waals surface area contributed by atoms with Crippen LogP contribution in [0.15, 0.2) is 18.7 Å². The largest absolute Gasteiger partial charge is 0.384 e. The summed E-state index contributed by atoms with van der Waals surface area (Å²) in [6.07, 6.45) is 3.00. The summed E-state index contributed by atoms with van der Waals surface area (Å²) in [5, 5.41) is 0. The van der Waals surface area contributed by atoms with E-state index in [1.807, 2.05) is 26.0 Å². The van der Waals surface area contributed by atoms with Gasteiger partial charge < -0.3 is 11.5 Å². The average molecular weight is 207 g/mol. The minimum absolute atomic E-state index is 0.250. The Hall–Kier alpha value is -1.84. The van der Waals surface area contributed by atoms with E-state index in [1.165, 1.54) is 11.1 Å². The van der Waals surface area contributed by atoms with Gasteiger partial charge in [0.2, 0.25) is 6.41 Å². The van der Waals surface area contributed by atoms with Crippen molar-refractivity contribution in [1.29, 1.82) is 0 Å². The first-order valence-corrected chi connectivity index (χ1v) is 4.55. The van der Waals surface area contributed by atoms with Crippen molar-refractivity contribution in [2.75, 3.05) is 5.73 Å². The first kappa shape index (κ1) is 13.2. The molecule has 0 aliphatic rings. The van der Waals surface area contributed by atoms with Crippen molar-refractivity contribution >= 4 is 12.2 Å². The normalized spacial score (nSPS) is 8.67. The predicted octanol–water partition coefficient (Wildman–Crippen LogP) is 1.11. The Labute approximate surface area is 90.0 Å². The van der Waals surface area contributed by atoms with E-state index in [2.05, 4.69) is 17.3 Å². The number of anilines is 1. The van der Waals surface area contributed by atoms with Crippen molar-refractivity contribution < 1.29 is 4.79 Å². The molecule has 0 saturated heterocycles. The number of hydrogen-bond acceptors (Lipinski definition) is 3. The summed E-state index contributed by atoms with van der Waals surface area (Å²) in [6.45, 7) is 7.72. The molecule has 0 aromatic carbocycles. The molecule has 15 heavy (non-hydrogen) atoms. The minimum atomic E-state index is 0.250. The van der Waals surface area contributed by atoms with Gasteiger partial charge >= 0.3 is 0 Å². The summed E-state index contributed by atoms with van der Waals surface area (Å²) in [5.41, 5.74) is 13.2. The van der Waals surface area contributed by atoms with E-state index >= 15 is 0 Å². The highest BCUT2D eigenvalue weighted by atomic mass is 16.1. The number of nitrogen functional groups attached to an aromatic ring is 1. The lowest BCUT2D eigenvalue weighted by atomic mass is 10.0. The van der Waals surface area contributed by atoms with Gasteiger partial charge in [0, 0.05) is 5.69 Å². The first-order valence-electron chi connectivity index (χ1n) is 4.55. The number of rotatable bonds is 2. The Balaban J connectivity index is 0.000000583. The van der Waals surface area contributed by atoms with E-state index in [-0.39, 0.29) is 6.41 Å². The zero-order chi connectivity index (χ0) is 11.8. The standard InChI is InChI=1S/C10H14N2.CH3NO/c1-4-5-9-7(2)6-10(11)12-8(9)3;2-1-3/h4,6H,1,5H2,2-3H3,(H2,11,12);1H,(H2,2,3). The topological polar surface area (TPSA) is 82.0 Å². The molecule has 0 unspecified atom stereocenters.